The van der Waals surface area contributed by atoms with Crippen molar-refractivity contribution in [1.29, 1.82) is 0 Å². The maximum absolute atomic E-state index is 11.9. The number of nitrogens with zero attached hydrogens (tertiary/aromatic N) is 3. The number of aromatic carboxylic acids is 1. The first-order valence-corrected chi connectivity index (χ1v) is 6.02. The Morgan fingerprint density at radius 2 is 2.05 bits per heavy atom. The number of hydrogen-bond acceptors (Lipinski definition) is 4. The van der Waals surface area contributed by atoms with Gasteiger partial charge in [0, 0.05) is 18.4 Å². The zero-order valence-electron chi connectivity index (χ0n) is 11.1. The van der Waals surface area contributed by atoms with E-state index in [9.17, 15) is 9.59 Å². The number of carboxylic acids is 1. The Morgan fingerprint density at radius 1 is 1.30 bits per heavy atom. The highest BCUT2D eigenvalue weighted by atomic mass is 16.4. The van der Waals surface area contributed by atoms with Gasteiger partial charge in [0.05, 0.1) is 17.4 Å². The summed E-state index contributed by atoms with van der Waals surface area (Å²) in [6.45, 7) is 3.95. The first-order chi connectivity index (χ1) is 9.47. The predicted octanol–water partition coefficient (Wildman–Crippen LogP) is 1.81. The smallest absolute Gasteiger partial charge is 0.337 e. The number of nitrogens with one attached hydrogen (secondary N) is 1. The third kappa shape index (κ3) is 3.00. The third-order valence-electron chi connectivity index (χ3n) is 2.63. The molecule has 0 unspecified atom stereocenters. The van der Waals surface area contributed by atoms with E-state index in [1.54, 1.807) is 17.1 Å². The van der Waals surface area contributed by atoms with Gasteiger partial charge in [-0.1, -0.05) is 0 Å². The van der Waals surface area contributed by atoms with E-state index in [1.807, 2.05) is 13.8 Å². The van der Waals surface area contributed by atoms with Crippen LogP contribution in [0.3, 0.4) is 0 Å². The lowest BCUT2D eigenvalue weighted by atomic mass is 10.2. The number of amides is 1. The third-order valence-corrected chi connectivity index (χ3v) is 2.63. The van der Waals surface area contributed by atoms with Crippen LogP contribution in [0.25, 0.3) is 0 Å². The van der Waals surface area contributed by atoms with Crippen molar-refractivity contribution < 1.29 is 14.7 Å². The van der Waals surface area contributed by atoms with E-state index in [2.05, 4.69) is 15.4 Å². The summed E-state index contributed by atoms with van der Waals surface area (Å²) in [6.07, 6.45) is 4.41. The van der Waals surface area contributed by atoms with Gasteiger partial charge < -0.3 is 10.4 Å². The largest absolute Gasteiger partial charge is 0.478 e. The van der Waals surface area contributed by atoms with Crippen LogP contribution in [0.2, 0.25) is 0 Å². The Bertz CT molecular complexity index is 631. The van der Waals surface area contributed by atoms with Crippen LogP contribution in [-0.4, -0.2) is 31.7 Å². The summed E-state index contributed by atoms with van der Waals surface area (Å²) in [5.41, 5.74) is 0.745. The van der Waals surface area contributed by atoms with Crippen molar-refractivity contribution in [3.05, 3.63) is 42.0 Å². The van der Waals surface area contributed by atoms with Crippen molar-refractivity contribution in [2.75, 3.05) is 5.32 Å². The molecule has 0 aliphatic carbocycles. The van der Waals surface area contributed by atoms with Crippen LogP contribution in [0.5, 0.6) is 0 Å². The highest BCUT2D eigenvalue weighted by molar-refractivity contribution is 6.03. The Balaban J connectivity index is 2.09. The second-order valence-corrected chi connectivity index (χ2v) is 4.49. The van der Waals surface area contributed by atoms with Crippen molar-refractivity contribution in [2.45, 2.75) is 19.9 Å². The Morgan fingerprint density at radius 3 is 2.55 bits per heavy atom. The molecule has 2 aromatic heterocycles. The highest BCUT2D eigenvalue weighted by Crippen LogP contribution is 2.11. The van der Waals surface area contributed by atoms with Crippen LogP contribution >= 0.6 is 0 Å². The molecule has 0 spiro atoms. The fourth-order valence-electron chi connectivity index (χ4n) is 1.53. The van der Waals surface area contributed by atoms with Gasteiger partial charge in [0.25, 0.3) is 5.91 Å². The molecule has 0 aromatic carbocycles. The Hall–Kier alpha value is -2.70. The SMILES string of the molecule is CC(C)n1cc(NC(=O)c2ccc(C(=O)O)cn2)cn1. The zero-order valence-corrected chi connectivity index (χ0v) is 11.1. The molecule has 2 heterocycles. The first kappa shape index (κ1) is 13.7. The zero-order chi connectivity index (χ0) is 14.7. The quantitative estimate of drug-likeness (QED) is 0.886. The van der Waals surface area contributed by atoms with Crippen molar-refractivity contribution >= 4 is 17.6 Å². The Labute approximate surface area is 115 Å². The summed E-state index contributed by atoms with van der Waals surface area (Å²) < 4.78 is 1.72. The predicted molar refractivity (Wildman–Crippen MR) is 71.8 cm³/mol. The molecular formula is C13H14N4O3. The maximum Gasteiger partial charge on any atom is 0.337 e. The molecule has 20 heavy (non-hydrogen) atoms. The molecule has 0 aliphatic heterocycles. The minimum atomic E-state index is -1.08. The minimum Gasteiger partial charge on any atom is -0.478 e. The molecule has 104 valence electrons. The molecule has 0 atom stereocenters. The fraction of sp³-hybridized carbons (Fsp3) is 0.231. The van der Waals surface area contributed by atoms with E-state index >= 15 is 0 Å². The van der Waals surface area contributed by atoms with Gasteiger partial charge in [-0.15, -0.1) is 0 Å². The van der Waals surface area contributed by atoms with Gasteiger partial charge in [0.2, 0.25) is 0 Å². The average molecular weight is 274 g/mol. The van der Waals surface area contributed by atoms with E-state index in [0.717, 1.165) is 6.20 Å². The normalized spacial score (nSPS) is 10.6. The lowest BCUT2D eigenvalue weighted by Gasteiger charge is -2.04. The molecule has 0 radical (unpaired) electrons. The molecule has 0 saturated heterocycles. The minimum absolute atomic E-state index is 0.0363. The van der Waals surface area contributed by atoms with E-state index in [-0.39, 0.29) is 17.3 Å². The molecule has 2 rings (SSSR count). The summed E-state index contributed by atoms with van der Waals surface area (Å²) in [4.78, 5) is 26.4. The highest BCUT2D eigenvalue weighted by Gasteiger charge is 2.11. The lowest BCUT2D eigenvalue weighted by molar-refractivity contribution is 0.0696. The number of carboxylic acid groups (broad SMARTS) is 1. The monoisotopic (exact) mass is 274 g/mol. The van der Waals surface area contributed by atoms with E-state index < -0.39 is 11.9 Å². The molecule has 2 aromatic rings. The summed E-state index contributed by atoms with van der Waals surface area (Å²) in [6, 6.07) is 2.90. The van der Waals surface area contributed by atoms with Gasteiger partial charge in [0.15, 0.2) is 0 Å². The van der Waals surface area contributed by atoms with Gasteiger partial charge in [0.1, 0.15) is 5.69 Å². The van der Waals surface area contributed by atoms with Gasteiger partial charge in [-0.2, -0.15) is 5.10 Å². The van der Waals surface area contributed by atoms with E-state index in [1.165, 1.54) is 12.1 Å². The van der Waals surface area contributed by atoms with Gasteiger partial charge >= 0.3 is 5.97 Å². The standard InChI is InChI=1S/C13H14N4O3/c1-8(2)17-7-10(6-15-17)16-12(18)11-4-3-9(5-14-11)13(19)20/h3-8H,1-2H3,(H,16,18)(H,19,20). The van der Waals surface area contributed by atoms with Crippen LogP contribution in [0.15, 0.2) is 30.7 Å². The lowest BCUT2D eigenvalue weighted by Crippen LogP contribution is -2.13. The van der Waals surface area contributed by atoms with Gasteiger partial charge in [-0.05, 0) is 26.0 Å². The van der Waals surface area contributed by atoms with Crippen molar-refractivity contribution in [3.63, 3.8) is 0 Å². The first-order valence-electron chi connectivity index (χ1n) is 6.02. The number of rotatable bonds is 4. The maximum atomic E-state index is 11.9. The molecular weight excluding hydrogens is 260 g/mol. The second kappa shape index (κ2) is 5.52. The van der Waals surface area contributed by atoms with Crippen LogP contribution in [0, 0.1) is 0 Å². The van der Waals surface area contributed by atoms with Crippen molar-refractivity contribution in [3.8, 4) is 0 Å². The van der Waals surface area contributed by atoms with Crippen LogP contribution in [-0.2, 0) is 0 Å². The molecule has 1 amide bonds. The summed E-state index contributed by atoms with van der Waals surface area (Å²) >= 11 is 0. The van der Waals surface area contributed by atoms with Gasteiger partial charge in [-0.3, -0.25) is 14.5 Å². The molecule has 0 saturated carbocycles. The van der Waals surface area contributed by atoms with Crippen molar-refractivity contribution in [2.24, 2.45) is 0 Å². The second-order valence-electron chi connectivity index (χ2n) is 4.49. The topological polar surface area (TPSA) is 97.1 Å². The number of carbonyl (C=O) groups is 2. The molecule has 7 heteroatoms. The Kier molecular flexibility index (Phi) is 3.79. The van der Waals surface area contributed by atoms with Crippen LogP contribution in [0.1, 0.15) is 40.7 Å². The number of carbonyl (C=O) groups excluding carboxylic acids is 1. The van der Waals surface area contributed by atoms with E-state index in [0.29, 0.717) is 5.69 Å². The average Bonchev–Trinajstić information content (AvgIpc) is 2.87. The number of anilines is 1. The van der Waals surface area contributed by atoms with Crippen molar-refractivity contribution in [1.82, 2.24) is 14.8 Å². The molecule has 2 N–H and O–H groups in total. The summed E-state index contributed by atoms with van der Waals surface area (Å²) in [5.74, 6) is -1.49. The molecule has 0 fully saturated rings. The number of hydrogen-bond donors (Lipinski definition) is 2. The van der Waals surface area contributed by atoms with Crippen LogP contribution < -0.4 is 5.32 Å². The van der Waals surface area contributed by atoms with E-state index in [4.69, 9.17) is 5.11 Å². The molecule has 0 aliphatic rings. The summed E-state index contributed by atoms with van der Waals surface area (Å²) in [5, 5.41) is 15.5. The molecule has 0 bridgehead atoms. The van der Waals surface area contributed by atoms with Gasteiger partial charge in [-0.25, -0.2) is 4.79 Å². The van der Waals surface area contributed by atoms with Crippen LogP contribution in [0.4, 0.5) is 5.69 Å². The number of pyridine rings is 1. The fourth-order valence-corrected chi connectivity index (χ4v) is 1.53. The summed E-state index contributed by atoms with van der Waals surface area (Å²) in [7, 11) is 0. The number of aromatic nitrogens is 3. The molecule has 7 nitrogen and oxygen atoms in total.